The van der Waals surface area contributed by atoms with E-state index in [1.165, 1.54) is 0 Å². The Morgan fingerprint density at radius 2 is 1.83 bits per heavy atom. The molecule has 6 atom stereocenters. The summed E-state index contributed by atoms with van der Waals surface area (Å²) in [5.74, 6) is 0.577. The molecule has 0 radical (unpaired) electrons. The van der Waals surface area contributed by atoms with Gasteiger partial charge in [0, 0.05) is 23.7 Å². The maximum atomic E-state index is 15.5. The average Bonchev–Trinajstić information content (AvgIpc) is 2.77. The van der Waals surface area contributed by atoms with Gasteiger partial charge in [-0.15, -0.1) is 11.6 Å². The number of allylic oxidation sites excluding steroid dienone is 1. The lowest BCUT2D eigenvalue weighted by molar-refractivity contribution is -0.136. The number of Topliss-reactive ketones (excluding diaryl/α,β-unsaturated/α-hetero) is 1. The van der Waals surface area contributed by atoms with Gasteiger partial charge in [0.2, 0.25) is 0 Å². The number of carbonyl (C=O) groups is 2. The van der Waals surface area contributed by atoms with Crippen LogP contribution in [0.3, 0.4) is 0 Å². The smallest absolute Gasteiger partial charge is 0.155 e. The first-order valence-electron chi connectivity index (χ1n) is 8.83. The number of hydrogen-bond donors (Lipinski definition) is 0. The number of ketones is 2. The first-order valence-corrected chi connectivity index (χ1v) is 9.21. The molecule has 3 saturated carbocycles. The fourth-order valence-electron chi connectivity index (χ4n) is 6.28. The molecule has 0 heterocycles. The van der Waals surface area contributed by atoms with Gasteiger partial charge in [-0.05, 0) is 50.0 Å². The molecule has 0 amide bonds. The Hall–Kier alpha value is -0.700. The van der Waals surface area contributed by atoms with Crippen molar-refractivity contribution in [3.05, 3.63) is 11.6 Å². The monoisotopic (exact) mass is 338 g/mol. The van der Waals surface area contributed by atoms with E-state index in [2.05, 4.69) is 6.92 Å². The zero-order valence-electron chi connectivity index (χ0n) is 13.8. The molecule has 4 aliphatic carbocycles. The van der Waals surface area contributed by atoms with Crippen LogP contribution in [-0.4, -0.2) is 22.6 Å². The van der Waals surface area contributed by atoms with Crippen LogP contribution >= 0.6 is 11.6 Å². The normalized spacial score (nSPS) is 52.5. The highest BCUT2D eigenvalue weighted by molar-refractivity contribution is 6.26. The maximum Gasteiger partial charge on any atom is 0.155 e. The summed E-state index contributed by atoms with van der Waals surface area (Å²) in [7, 11) is 0. The number of alkyl halides is 2. The molecule has 0 aromatic heterocycles. The van der Waals surface area contributed by atoms with Gasteiger partial charge in [0.15, 0.2) is 5.78 Å². The van der Waals surface area contributed by atoms with Crippen molar-refractivity contribution in [3.8, 4) is 0 Å². The van der Waals surface area contributed by atoms with Gasteiger partial charge in [-0.2, -0.15) is 0 Å². The SMILES string of the molecule is C[C@]12CCC(=O)C=C1CC[C@H]1[C@@H]3CCC(=O)[C@@]3(C)C[C@H](F)C12Cl. The third kappa shape index (κ3) is 1.75. The fraction of sp³-hybridized carbons (Fsp3) is 0.789. The van der Waals surface area contributed by atoms with Crippen LogP contribution in [0.5, 0.6) is 0 Å². The van der Waals surface area contributed by atoms with Gasteiger partial charge in [0.1, 0.15) is 12.0 Å². The van der Waals surface area contributed by atoms with E-state index in [4.69, 9.17) is 11.6 Å². The molecule has 4 aliphatic rings. The highest BCUT2D eigenvalue weighted by Gasteiger charge is 2.69. The molecule has 2 nitrogen and oxygen atoms in total. The summed E-state index contributed by atoms with van der Waals surface area (Å²) in [5, 5.41) is 0. The van der Waals surface area contributed by atoms with Crippen LogP contribution < -0.4 is 0 Å². The number of rotatable bonds is 0. The van der Waals surface area contributed by atoms with Crippen LogP contribution in [0, 0.1) is 22.7 Å². The molecule has 23 heavy (non-hydrogen) atoms. The second-order valence-electron chi connectivity index (χ2n) is 8.54. The van der Waals surface area contributed by atoms with Crippen LogP contribution in [0.4, 0.5) is 4.39 Å². The van der Waals surface area contributed by atoms with Gasteiger partial charge >= 0.3 is 0 Å². The topological polar surface area (TPSA) is 34.1 Å². The predicted octanol–water partition coefficient (Wildman–Crippen LogP) is 4.40. The highest BCUT2D eigenvalue weighted by atomic mass is 35.5. The molecule has 3 fully saturated rings. The second-order valence-corrected chi connectivity index (χ2v) is 9.16. The fourth-order valence-corrected chi connectivity index (χ4v) is 6.83. The lowest BCUT2D eigenvalue weighted by Crippen LogP contribution is -2.65. The summed E-state index contributed by atoms with van der Waals surface area (Å²) in [5.41, 5.74) is 0.0399. The van der Waals surface area contributed by atoms with E-state index >= 15 is 4.39 Å². The molecule has 0 bridgehead atoms. The summed E-state index contributed by atoms with van der Waals surface area (Å²) in [6.07, 6.45) is 4.88. The molecule has 0 aromatic carbocycles. The van der Waals surface area contributed by atoms with E-state index in [-0.39, 0.29) is 29.8 Å². The zero-order valence-corrected chi connectivity index (χ0v) is 14.6. The van der Waals surface area contributed by atoms with E-state index in [0.717, 1.165) is 24.8 Å². The van der Waals surface area contributed by atoms with Gasteiger partial charge in [-0.3, -0.25) is 9.59 Å². The third-order valence-electron chi connectivity index (χ3n) is 7.71. The summed E-state index contributed by atoms with van der Waals surface area (Å²) >= 11 is 7.13. The first kappa shape index (κ1) is 15.8. The quantitative estimate of drug-likeness (QED) is 0.613. The highest BCUT2D eigenvalue weighted by Crippen LogP contribution is 2.69. The van der Waals surface area contributed by atoms with Crippen LogP contribution in [0.25, 0.3) is 0 Å². The van der Waals surface area contributed by atoms with E-state index in [0.29, 0.717) is 19.3 Å². The summed E-state index contributed by atoms with van der Waals surface area (Å²) in [4.78, 5) is 23.3. The lowest BCUT2D eigenvalue weighted by atomic mass is 9.46. The minimum atomic E-state index is -1.20. The zero-order chi connectivity index (χ0) is 16.6. The molecular weight excluding hydrogens is 315 g/mol. The Bertz CT molecular complexity index is 629. The van der Waals surface area contributed by atoms with E-state index in [1.807, 2.05) is 6.92 Å². The Kier molecular flexibility index (Phi) is 3.22. The Labute approximate surface area is 141 Å². The van der Waals surface area contributed by atoms with Crippen molar-refractivity contribution in [2.24, 2.45) is 22.7 Å². The van der Waals surface area contributed by atoms with Gasteiger partial charge in [0.05, 0.1) is 4.87 Å². The van der Waals surface area contributed by atoms with E-state index in [1.54, 1.807) is 6.08 Å². The second kappa shape index (κ2) is 4.68. The Morgan fingerprint density at radius 3 is 2.57 bits per heavy atom. The van der Waals surface area contributed by atoms with Crippen molar-refractivity contribution in [2.75, 3.05) is 0 Å². The molecule has 4 heteroatoms. The standard InChI is InChI=1S/C19H24ClFO2/c1-17-10-15(21)19(20)14(13(17)5-6-16(17)23)4-3-11-9-12(22)7-8-18(11,19)2/h9,13-15H,3-8,10H2,1-2H3/t13-,14-,15-,17-,18-,19?/m0/s1. The molecule has 0 N–H and O–H groups in total. The van der Waals surface area contributed by atoms with E-state index in [9.17, 15) is 9.59 Å². The van der Waals surface area contributed by atoms with Crippen molar-refractivity contribution in [3.63, 3.8) is 0 Å². The molecule has 0 aromatic rings. The van der Waals surface area contributed by atoms with Crippen molar-refractivity contribution in [1.82, 2.24) is 0 Å². The molecule has 126 valence electrons. The van der Waals surface area contributed by atoms with E-state index < -0.39 is 21.9 Å². The minimum absolute atomic E-state index is 0.0275. The van der Waals surface area contributed by atoms with Crippen molar-refractivity contribution in [2.45, 2.75) is 69.8 Å². The van der Waals surface area contributed by atoms with Crippen LogP contribution in [0.15, 0.2) is 11.6 Å². The number of fused-ring (bicyclic) bond motifs is 5. The third-order valence-corrected chi connectivity index (χ3v) is 8.64. The largest absolute Gasteiger partial charge is 0.299 e. The van der Waals surface area contributed by atoms with Gasteiger partial charge in [-0.1, -0.05) is 19.4 Å². The average molecular weight is 339 g/mol. The van der Waals surface area contributed by atoms with Crippen LogP contribution in [0.1, 0.15) is 58.8 Å². The van der Waals surface area contributed by atoms with Crippen LogP contribution in [0.2, 0.25) is 0 Å². The predicted molar refractivity (Wildman–Crippen MR) is 87.1 cm³/mol. The molecule has 4 rings (SSSR count). The molecule has 0 aliphatic heterocycles. The Morgan fingerprint density at radius 1 is 1.13 bits per heavy atom. The van der Waals surface area contributed by atoms with Crippen molar-refractivity contribution in [1.29, 1.82) is 0 Å². The van der Waals surface area contributed by atoms with Crippen molar-refractivity contribution < 1.29 is 14.0 Å². The summed E-state index contributed by atoms with van der Waals surface area (Å²) < 4.78 is 15.5. The Balaban J connectivity index is 1.83. The van der Waals surface area contributed by atoms with Gasteiger partial charge < -0.3 is 0 Å². The number of hydrogen-bond acceptors (Lipinski definition) is 2. The number of halogens is 2. The molecule has 1 unspecified atom stereocenters. The lowest BCUT2D eigenvalue weighted by Gasteiger charge is -2.62. The number of carbonyl (C=O) groups excluding carboxylic acids is 2. The van der Waals surface area contributed by atoms with Gasteiger partial charge in [0.25, 0.3) is 0 Å². The minimum Gasteiger partial charge on any atom is -0.299 e. The maximum absolute atomic E-state index is 15.5. The van der Waals surface area contributed by atoms with Crippen LogP contribution in [-0.2, 0) is 9.59 Å². The molecule has 0 spiro atoms. The van der Waals surface area contributed by atoms with Gasteiger partial charge in [-0.25, -0.2) is 4.39 Å². The summed E-state index contributed by atoms with van der Waals surface area (Å²) in [6.45, 7) is 4.00. The molecular formula is C19H24ClFO2. The van der Waals surface area contributed by atoms with Crippen molar-refractivity contribution >= 4 is 23.2 Å². The summed E-state index contributed by atoms with van der Waals surface area (Å²) in [6, 6.07) is 0. The first-order chi connectivity index (χ1) is 10.7. The molecule has 0 saturated heterocycles.